The van der Waals surface area contributed by atoms with Crippen LogP contribution in [0.25, 0.3) is 63.4 Å². The molecule has 0 fully saturated rings. The lowest BCUT2D eigenvalue weighted by atomic mass is 9.98. The van der Waals surface area contributed by atoms with Crippen LogP contribution in [0.2, 0.25) is 0 Å². The van der Waals surface area contributed by atoms with Gasteiger partial charge in [0.05, 0.1) is 52.1 Å². The van der Waals surface area contributed by atoms with Crippen molar-refractivity contribution in [2.24, 2.45) is 0 Å². The molecule has 18 nitrogen and oxygen atoms in total. The first-order valence-corrected chi connectivity index (χ1v) is 45.9. The van der Waals surface area contributed by atoms with Gasteiger partial charge in [-0.25, -0.2) is 15.0 Å². The highest BCUT2D eigenvalue weighted by atomic mass is 32.1. The van der Waals surface area contributed by atoms with Crippen molar-refractivity contribution in [1.29, 1.82) is 0 Å². The summed E-state index contributed by atoms with van der Waals surface area (Å²) in [6, 6.07) is 84.0. The molecule has 0 aliphatic carbocycles. The maximum Gasteiger partial charge on any atom is 0.163 e. The minimum atomic E-state index is -0.0306. The number of aromatic nitrogens is 6. The molecule has 0 amide bonds. The Morgan fingerprint density at radius 1 is 0.220 bits per heavy atom. The zero-order chi connectivity index (χ0) is 93.2. The summed E-state index contributed by atoms with van der Waals surface area (Å²) in [6.07, 6.45) is 7.63. The number of nitrogens with one attached hydrogen (secondary N) is 3. The average molecular weight is 1800 g/mol. The number of hydrogen-bond donors (Lipinski definition) is 3. The molecule has 18 rings (SSSR count). The second kappa shape index (κ2) is 45.8. The van der Waals surface area contributed by atoms with Crippen molar-refractivity contribution in [3.8, 4) is 0 Å². The van der Waals surface area contributed by atoms with Gasteiger partial charge in [0.25, 0.3) is 0 Å². The van der Waals surface area contributed by atoms with Crippen molar-refractivity contribution in [1.82, 2.24) is 29.9 Å². The van der Waals surface area contributed by atoms with E-state index < -0.39 is 0 Å². The fraction of sp³-hybridized carbons (Fsp3) is 0.162. The third-order valence-electron chi connectivity index (χ3n) is 22.3. The quantitative estimate of drug-likeness (QED) is 0.0353. The van der Waals surface area contributed by atoms with Gasteiger partial charge >= 0.3 is 0 Å². The van der Waals surface area contributed by atoms with Crippen molar-refractivity contribution < 1.29 is 57.5 Å². The van der Waals surface area contributed by atoms with E-state index in [0.717, 1.165) is 82.6 Å². The standard InChI is InChI=1S/3C19H16O2S.3C18H16N2O2/c1-13-2-4-14(5-3-13)17(20)7-8-18(21)15-6-9-19-16(12-15)10-11-22-19;1-13-3-2-4-14(11-13)17(20)6-7-18(21)15-5-8-19-16(12-15)9-10-22-19;1-13-4-2-3-5-16(13)18(21)8-7-17(20)14-6-9-19-15(12-14)10-11-22-19;1-12-2-4-13(5-3-12)17(21)8-9-18(22)14-6-7-15-16(10-14)20-11-19-15;1-12-3-2-4-13(9-12)17(21)7-8-18(22)14-5-6-15-16(10-14)20-11-19-15;1-12-4-2-3-5-14(12)18(22)9-8-17(21)13-6-7-15-16(10-13)20-11-19-15/h2-6,9-12H,7-8H2,1H3;2-5,8-12H,6-7H2,1H3;2-6,9-12H,7-8H2,1H3;2-7,10-11H,8-9H2,1H3,(H,19,20);2-6,9-11H,7-8H2,1H3,(H,19,20);2-7,10-11H,8-9H2,1H3,(H,19,20). The molecule has 21 heteroatoms. The van der Waals surface area contributed by atoms with E-state index in [-0.39, 0.29) is 146 Å². The van der Waals surface area contributed by atoms with E-state index in [1.54, 1.807) is 132 Å². The Balaban J connectivity index is 0.000000135. The number of Topliss-reactive ketones (excluding diaryl/α,β-unsaturated/α-hetero) is 12. The molecule has 0 spiro atoms. The molecule has 3 N–H and O–H groups in total. The van der Waals surface area contributed by atoms with Gasteiger partial charge in [0.2, 0.25) is 0 Å². The van der Waals surface area contributed by atoms with Crippen molar-refractivity contribution in [3.63, 3.8) is 0 Å². The average Bonchev–Trinajstić information content (AvgIpc) is 1.61. The van der Waals surface area contributed by atoms with Gasteiger partial charge in [0, 0.05) is 158 Å². The summed E-state index contributed by atoms with van der Waals surface area (Å²) in [6.45, 7) is 11.7. The number of carbonyl (C=O) groups is 12. The number of aryl methyl sites for hydroxylation is 6. The number of thiophene rings is 3. The third kappa shape index (κ3) is 26.2. The molecule has 0 aliphatic heterocycles. The first kappa shape index (κ1) is 94.6. The van der Waals surface area contributed by atoms with Crippen LogP contribution in [0.4, 0.5) is 0 Å². The fourth-order valence-corrected chi connectivity index (χ4v) is 17.0. The minimum absolute atomic E-state index is 0.000307. The molecule has 0 radical (unpaired) electrons. The van der Waals surface area contributed by atoms with Crippen LogP contribution in [-0.2, 0) is 0 Å². The third-order valence-corrected chi connectivity index (χ3v) is 25.0. The monoisotopic (exact) mass is 1800 g/mol. The van der Waals surface area contributed by atoms with Crippen molar-refractivity contribution in [2.75, 3.05) is 0 Å². The molecule has 6 aromatic heterocycles. The highest BCUT2D eigenvalue weighted by molar-refractivity contribution is 7.17. The van der Waals surface area contributed by atoms with Crippen LogP contribution in [0.3, 0.4) is 0 Å². The lowest BCUT2D eigenvalue weighted by Crippen LogP contribution is -2.06. The van der Waals surface area contributed by atoms with Gasteiger partial charge in [-0.3, -0.25) is 57.5 Å². The van der Waals surface area contributed by atoms with Crippen LogP contribution in [0.5, 0.6) is 0 Å². The highest BCUT2D eigenvalue weighted by Crippen LogP contribution is 2.29. The molecule has 0 saturated heterocycles. The first-order valence-electron chi connectivity index (χ1n) is 43.3. The number of carbonyl (C=O) groups excluding carboxylic acids is 12. The van der Waals surface area contributed by atoms with Gasteiger partial charge in [-0.15, -0.1) is 34.0 Å². The zero-order valence-electron chi connectivity index (χ0n) is 73.9. The molecule has 18 aromatic rings. The molecule has 0 unspecified atom stereocenters. The van der Waals surface area contributed by atoms with Gasteiger partial charge in [0.15, 0.2) is 69.4 Å². The van der Waals surface area contributed by atoms with E-state index >= 15 is 0 Å². The largest absolute Gasteiger partial charge is 0.345 e. The summed E-state index contributed by atoms with van der Waals surface area (Å²) >= 11 is 4.98. The number of aromatic amines is 3. The predicted molar refractivity (Wildman–Crippen MR) is 528 cm³/mol. The van der Waals surface area contributed by atoms with Crippen LogP contribution in [0.1, 0.15) is 235 Å². The van der Waals surface area contributed by atoms with E-state index in [9.17, 15) is 57.5 Å². The number of nitrogens with zero attached hydrogens (tertiary/aromatic N) is 3. The normalized spacial score (nSPS) is 10.8. The molecular formula is C111H96N6O12S3. The highest BCUT2D eigenvalue weighted by Gasteiger charge is 2.20. The Hall–Kier alpha value is -15.0. The number of benzene rings is 12. The van der Waals surface area contributed by atoms with Crippen LogP contribution in [0.15, 0.2) is 308 Å². The summed E-state index contributed by atoms with van der Waals surface area (Å²) < 4.78 is 3.52. The van der Waals surface area contributed by atoms with Crippen molar-refractivity contribution in [3.05, 3.63) is 408 Å². The van der Waals surface area contributed by atoms with Crippen molar-refractivity contribution >= 4 is 167 Å². The lowest BCUT2D eigenvalue weighted by Gasteiger charge is -2.05. The fourth-order valence-electron chi connectivity index (χ4n) is 14.7. The second-order valence-corrected chi connectivity index (χ2v) is 34.9. The summed E-state index contributed by atoms with van der Waals surface area (Å²) in [5, 5.41) is 9.29. The van der Waals surface area contributed by atoms with Crippen molar-refractivity contribution in [2.45, 2.75) is 119 Å². The number of imidazole rings is 3. The Morgan fingerprint density at radius 2 is 0.462 bits per heavy atom. The van der Waals surface area contributed by atoms with Crippen LogP contribution in [-0.4, -0.2) is 99.3 Å². The van der Waals surface area contributed by atoms with Gasteiger partial charge in [0.1, 0.15) is 0 Å². The van der Waals surface area contributed by atoms with E-state index in [0.29, 0.717) is 66.8 Å². The zero-order valence-corrected chi connectivity index (χ0v) is 76.3. The minimum Gasteiger partial charge on any atom is -0.345 e. The molecule has 0 bridgehead atoms. The van der Waals surface area contributed by atoms with Crippen LogP contribution >= 0.6 is 34.0 Å². The second-order valence-electron chi connectivity index (χ2n) is 32.1. The van der Waals surface area contributed by atoms with Gasteiger partial charge in [-0.1, -0.05) is 156 Å². The number of H-pyrrole nitrogens is 3. The van der Waals surface area contributed by atoms with E-state index in [1.165, 1.54) is 14.1 Å². The first-order chi connectivity index (χ1) is 63.8. The van der Waals surface area contributed by atoms with Crippen LogP contribution < -0.4 is 0 Å². The molecule has 12 aromatic carbocycles. The summed E-state index contributed by atoms with van der Waals surface area (Å²) in [5.41, 5.74) is 19.1. The molecule has 0 aliphatic rings. The molecule has 132 heavy (non-hydrogen) atoms. The Morgan fingerprint density at radius 3 is 0.742 bits per heavy atom. The summed E-state index contributed by atoms with van der Waals surface area (Å²) in [4.78, 5) is 168. The Bertz CT molecular complexity index is 6850. The smallest absolute Gasteiger partial charge is 0.163 e. The molecular weight excluding hydrogens is 1710 g/mol. The van der Waals surface area contributed by atoms with E-state index in [1.807, 2.05) is 252 Å². The number of fused-ring (bicyclic) bond motifs is 6. The van der Waals surface area contributed by atoms with E-state index in [2.05, 4.69) is 29.9 Å². The van der Waals surface area contributed by atoms with Gasteiger partial charge < -0.3 is 15.0 Å². The SMILES string of the molecule is Cc1ccc(C(=O)CCC(=O)c2ccc3nc[nH]c3c2)cc1.Cc1ccc(C(=O)CCC(=O)c2ccc3sccc3c2)cc1.Cc1cccc(C(=O)CCC(=O)c2ccc3nc[nH]c3c2)c1.Cc1cccc(C(=O)CCC(=O)c2ccc3sccc3c2)c1.Cc1ccccc1C(=O)CCC(=O)c1ccc2nc[nH]c2c1.Cc1ccccc1C(=O)CCC(=O)c1ccc2sccc2c1. The molecule has 660 valence electrons. The number of ketones is 12. The summed E-state index contributed by atoms with van der Waals surface area (Å²) in [7, 11) is 0. The maximum atomic E-state index is 12.3. The topological polar surface area (TPSA) is 291 Å². The number of hydrogen-bond acceptors (Lipinski definition) is 18. The van der Waals surface area contributed by atoms with E-state index in [4.69, 9.17) is 0 Å². The Kier molecular flexibility index (Phi) is 32.8. The predicted octanol–water partition coefficient (Wildman–Crippen LogP) is 26.3. The van der Waals surface area contributed by atoms with Crippen LogP contribution in [0, 0.1) is 41.5 Å². The van der Waals surface area contributed by atoms with Gasteiger partial charge in [-0.2, -0.15) is 0 Å². The maximum absolute atomic E-state index is 12.3. The lowest BCUT2D eigenvalue weighted by molar-refractivity contribution is 0.0917. The summed E-state index contributed by atoms with van der Waals surface area (Å²) in [5.74, 6) is 0.0528. The Labute approximate surface area is 775 Å². The molecule has 0 atom stereocenters. The molecule has 0 saturated carbocycles. The van der Waals surface area contributed by atoms with Gasteiger partial charge in [-0.05, 0) is 224 Å². The number of rotatable bonds is 30. The molecule has 6 heterocycles.